The minimum absolute atomic E-state index is 0.123. The van der Waals surface area contributed by atoms with Gasteiger partial charge in [-0.05, 0) is 66.6 Å². The van der Waals surface area contributed by atoms with Gasteiger partial charge in [-0.2, -0.15) is 0 Å². The zero-order valence-corrected chi connectivity index (χ0v) is 18.7. The predicted molar refractivity (Wildman–Crippen MR) is 125 cm³/mol. The molecular formula is C22H21ClN2O3S2. The van der Waals surface area contributed by atoms with E-state index in [-0.39, 0.29) is 16.6 Å². The van der Waals surface area contributed by atoms with Crippen molar-refractivity contribution in [2.75, 3.05) is 15.8 Å². The summed E-state index contributed by atoms with van der Waals surface area (Å²) in [6, 6.07) is 20.7. The third-order valence-electron chi connectivity index (χ3n) is 4.11. The number of rotatable bonds is 8. The van der Waals surface area contributed by atoms with E-state index in [1.165, 1.54) is 23.9 Å². The van der Waals surface area contributed by atoms with Crippen LogP contribution in [0.1, 0.15) is 11.1 Å². The lowest BCUT2D eigenvalue weighted by atomic mass is 10.2. The summed E-state index contributed by atoms with van der Waals surface area (Å²) >= 11 is 7.43. The van der Waals surface area contributed by atoms with Crippen LogP contribution in [-0.2, 0) is 20.6 Å². The molecule has 0 saturated heterocycles. The lowest BCUT2D eigenvalue weighted by Crippen LogP contribution is -2.15. The number of hydrogen-bond donors (Lipinski definition) is 2. The van der Waals surface area contributed by atoms with Crippen LogP contribution in [0.5, 0.6) is 0 Å². The first kappa shape index (κ1) is 22.2. The van der Waals surface area contributed by atoms with Gasteiger partial charge in [0.15, 0.2) is 0 Å². The molecule has 0 aliphatic rings. The molecule has 0 aromatic heterocycles. The molecule has 156 valence electrons. The highest BCUT2D eigenvalue weighted by Gasteiger charge is 2.14. The first-order chi connectivity index (χ1) is 14.3. The molecular weight excluding hydrogens is 440 g/mol. The topological polar surface area (TPSA) is 75.3 Å². The minimum atomic E-state index is -3.70. The van der Waals surface area contributed by atoms with Crippen LogP contribution in [0.3, 0.4) is 0 Å². The average Bonchev–Trinajstić information content (AvgIpc) is 2.68. The monoisotopic (exact) mass is 460 g/mol. The molecule has 0 heterocycles. The van der Waals surface area contributed by atoms with Crippen molar-refractivity contribution in [3.05, 3.63) is 88.9 Å². The number of thioether (sulfide) groups is 1. The highest BCUT2D eigenvalue weighted by Crippen LogP contribution is 2.20. The molecule has 3 aromatic carbocycles. The Morgan fingerprint density at radius 1 is 0.967 bits per heavy atom. The van der Waals surface area contributed by atoms with E-state index in [9.17, 15) is 13.2 Å². The number of carbonyl (C=O) groups is 1. The molecule has 0 saturated carbocycles. The van der Waals surface area contributed by atoms with Crippen LogP contribution in [0.2, 0.25) is 5.02 Å². The van der Waals surface area contributed by atoms with Gasteiger partial charge >= 0.3 is 0 Å². The van der Waals surface area contributed by atoms with E-state index in [2.05, 4.69) is 10.0 Å². The van der Waals surface area contributed by atoms with Gasteiger partial charge in [0.2, 0.25) is 5.91 Å². The number of benzene rings is 3. The normalized spacial score (nSPS) is 11.1. The molecule has 2 N–H and O–H groups in total. The van der Waals surface area contributed by atoms with Crippen molar-refractivity contribution >= 4 is 50.7 Å². The fourth-order valence-electron chi connectivity index (χ4n) is 2.73. The van der Waals surface area contributed by atoms with Gasteiger partial charge in [0.1, 0.15) is 0 Å². The molecule has 3 rings (SSSR count). The molecule has 0 bridgehead atoms. The van der Waals surface area contributed by atoms with Crippen LogP contribution >= 0.6 is 23.4 Å². The molecule has 0 spiro atoms. The Bertz CT molecular complexity index is 1130. The second-order valence-corrected chi connectivity index (χ2v) is 9.77. The number of halogens is 1. The number of aryl methyl sites for hydroxylation is 1. The summed E-state index contributed by atoms with van der Waals surface area (Å²) in [5.41, 5.74) is 3.06. The first-order valence-electron chi connectivity index (χ1n) is 9.13. The van der Waals surface area contributed by atoms with E-state index in [4.69, 9.17) is 11.6 Å². The number of nitrogens with one attached hydrogen (secondary N) is 2. The molecule has 0 atom stereocenters. The van der Waals surface area contributed by atoms with Gasteiger partial charge in [0, 0.05) is 22.2 Å². The van der Waals surface area contributed by atoms with Gasteiger partial charge in [-0.3, -0.25) is 9.52 Å². The van der Waals surface area contributed by atoms with Gasteiger partial charge < -0.3 is 5.32 Å². The molecule has 30 heavy (non-hydrogen) atoms. The molecule has 0 fully saturated rings. The Hall–Kier alpha value is -2.48. The molecule has 0 unspecified atom stereocenters. The first-order valence-corrected chi connectivity index (χ1v) is 12.1. The fraction of sp³-hybridized carbons (Fsp3) is 0.136. The molecule has 1 amide bonds. The molecule has 0 radical (unpaired) electrons. The second kappa shape index (κ2) is 10.0. The van der Waals surface area contributed by atoms with Crippen molar-refractivity contribution in [1.29, 1.82) is 0 Å². The van der Waals surface area contributed by atoms with Gasteiger partial charge in [-0.1, -0.05) is 35.9 Å². The summed E-state index contributed by atoms with van der Waals surface area (Å²) in [5, 5.41) is 3.45. The molecule has 0 aliphatic heterocycles. The zero-order chi connectivity index (χ0) is 21.6. The Kier molecular flexibility index (Phi) is 7.42. The van der Waals surface area contributed by atoms with Gasteiger partial charge in [-0.15, -0.1) is 11.8 Å². The zero-order valence-electron chi connectivity index (χ0n) is 16.3. The highest BCUT2D eigenvalue weighted by molar-refractivity contribution is 7.99. The summed E-state index contributed by atoms with van der Waals surface area (Å²) < 4.78 is 27.6. The Morgan fingerprint density at radius 3 is 2.40 bits per heavy atom. The standard InChI is InChI=1S/C22H21ClN2O3S2/c1-16-4-2-7-20(12-16)25-30(27,28)21-10-8-19(9-11-21)24-22(26)15-29-14-17-5-3-6-18(23)13-17/h2-13,25H,14-15H2,1H3,(H,24,26). The van der Waals surface area contributed by atoms with Gasteiger partial charge in [0.05, 0.1) is 10.6 Å². The van der Waals surface area contributed by atoms with E-state index in [1.54, 1.807) is 30.3 Å². The van der Waals surface area contributed by atoms with Crippen LogP contribution in [0.25, 0.3) is 0 Å². The van der Waals surface area contributed by atoms with E-state index < -0.39 is 10.0 Å². The maximum absolute atomic E-state index is 12.5. The van der Waals surface area contributed by atoms with Crippen LogP contribution in [-0.4, -0.2) is 20.1 Å². The third-order valence-corrected chi connectivity index (χ3v) is 6.75. The van der Waals surface area contributed by atoms with E-state index >= 15 is 0 Å². The van der Waals surface area contributed by atoms with Crippen LogP contribution in [0.4, 0.5) is 11.4 Å². The SMILES string of the molecule is Cc1cccc(NS(=O)(=O)c2ccc(NC(=O)CSCc3cccc(Cl)c3)cc2)c1. The Labute approximate surface area is 185 Å². The van der Waals surface area contributed by atoms with Gasteiger partial charge in [0.25, 0.3) is 10.0 Å². The van der Waals surface area contributed by atoms with E-state index in [1.807, 2.05) is 37.3 Å². The van der Waals surface area contributed by atoms with Crippen molar-refractivity contribution in [3.8, 4) is 0 Å². The lowest BCUT2D eigenvalue weighted by Gasteiger charge is -2.10. The molecule has 0 aliphatic carbocycles. The summed E-state index contributed by atoms with van der Waals surface area (Å²) in [4.78, 5) is 12.3. The predicted octanol–water partition coefficient (Wildman–Crippen LogP) is 5.32. The Balaban J connectivity index is 1.53. The van der Waals surface area contributed by atoms with E-state index in [0.29, 0.717) is 22.2 Å². The fourth-order valence-corrected chi connectivity index (χ4v) is 4.76. The number of amides is 1. The molecule has 3 aromatic rings. The van der Waals surface area contributed by atoms with Crippen molar-refractivity contribution in [2.45, 2.75) is 17.6 Å². The summed E-state index contributed by atoms with van der Waals surface area (Å²) in [5.74, 6) is 0.799. The average molecular weight is 461 g/mol. The summed E-state index contributed by atoms with van der Waals surface area (Å²) in [7, 11) is -3.70. The minimum Gasteiger partial charge on any atom is -0.325 e. The highest BCUT2D eigenvalue weighted by atomic mass is 35.5. The van der Waals surface area contributed by atoms with Crippen molar-refractivity contribution in [3.63, 3.8) is 0 Å². The lowest BCUT2D eigenvalue weighted by molar-refractivity contribution is -0.113. The summed E-state index contributed by atoms with van der Waals surface area (Å²) in [6.45, 7) is 1.89. The maximum Gasteiger partial charge on any atom is 0.261 e. The van der Waals surface area contributed by atoms with Crippen LogP contribution in [0, 0.1) is 6.92 Å². The molecule has 8 heteroatoms. The number of anilines is 2. The molecule has 5 nitrogen and oxygen atoms in total. The second-order valence-electron chi connectivity index (χ2n) is 6.67. The van der Waals surface area contributed by atoms with E-state index in [0.717, 1.165) is 11.1 Å². The van der Waals surface area contributed by atoms with Gasteiger partial charge in [-0.25, -0.2) is 8.42 Å². The largest absolute Gasteiger partial charge is 0.325 e. The van der Waals surface area contributed by atoms with Crippen LogP contribution < -0.4 is 10.0 Å². The number of hydrogen-bond acceptors (Lipinski definition) is 4. The summed E-state index contributed by atoms with van der Waals surface area (Å²) in [6.07, 6.45) is 0. The van der Waals surface area contributed by atoms with Crippen molar-refractivity contribution in [2.24, 2.45) is 0 Å². The maximum atomic E-state index is 12.5. The van der Waals surface area contributed by atoms with Crippen LogP contribution in [0.15, 0.2) is 77.7 Å². The smallest absolute Gasteiger partial charge is 0.261 e. The van der Waals surface area contributed by atoms with Crippen molar-refractivity contribution in [1.82, 2.24) is 0 Å². The number of carbonyl (C=O) groups excluding carboxylic acids is 1. The number of sulfonamides is 1. The quantitative estimate of drug-likeness (QED) is 0.477. The Morgan fingerprint density at radius 2 is 1.70 bits per heavy atom. The van der Waals surface area contributed by atoms with Crippen molar-refractivity contribution < 1.29 is 13.2 Å². The third kappa shape index (κ3) is 6.52.